The van der Waals surface area contributed by atoms with E-state index >= 15 is 0 Å². The molecule has 0 heterocycles. The average molecular weight is 412 g/mol. The standard InChI is InChI=1S/C12H12Br2O6/c1-3-19-11(17)5-7(13)10(16)6(8(14)9(5)15)12(18)20-4-2/h15-16H,3-4H2,1-2H3. The molecule has 0 bridgehead atoms. The second-order valence-electron chi connectivity index (χ2n) is 3.52. The molecule has 0 aliphatic heterocycles. The van der Waals surface area contributed by atoms with E-state index in [0.717, 1.165) is 0 Å². The van der Waals surface area contributed by atoms with E-state index in [1.54, 1.807) is 13.8 Å². The predicted molar refractivity (Wildman–Crippen MR) is 77.1 cm³/mol. The maximum Gasteiger partial charge on any atom is 0.343 e. The highest BCUT2D eigenvalue weighted by Gasteiger charge is 2.30. The normalized spacial score (nSPS) is 10.2. The fourth-order valence-corrected chi connectivity index (χ4v) is 2.54. The minimum Gasteiger partial charge on any atom is -0.506 e. The van der Waals surface area contributed by atoms with Gasteiger partial charge < -0.3 is 19.7 Å². The number of phenolic OH excluding ortho intramolecular Hbond substituents is 2. The number of carbonyl (C=O) groups is 2. The molecule has 0 aliphatic carbocycles. The summed E-state index contributed by atoms with van der Waals surface area (Å²) in [6, 6.07) is 0. The minimum absolute atomic E-state index is 0.0999. The maximum absolute atomic E-state index is 11.7. The molecule has 0 unspecified atom stereocenters. The second kappa shape index (κ2) is 6.94. The van der Waals surface area contributed by atoms with E-state index in [-0.39, 0.29) is 33.3 Å². The van der Waals surface area contributed by atoms with Crippen molar-refractivity contribution in [3.63, 3.8) is 0 Å². The molecule has 0 amide bonds. The molecule has 0 aliphatic rings. The van der Waals surface area contributed by atoms with Crippen molar-refractivity contribution in [2.24, 2.45) is 0 Å². The zero-order chi connectivity index (χ0) is 15.4. The van der Waals surface area contributed by atoms with Gasteiger partial charge in [-0.2, -0.15) is 0 Å². The van der Waals surface area contributed by atoms with E-state index in [0.29, 0.717) is 0 Å². The summed E-state index contributed by atoms with van der Waals surface area (Å²) in [4.78, 5) is 23.5. The molecule has 1 rings (SSSR count). The molecule has 6 nitrogen and oxygen atoms in total. The van der Waals surface area contributed by atoms with Crippen LogP contribution in [0.2, 0.25) is 0 Å². The molecule has 0 radical (unpaired) electrons. The Hall–Kier alpha value is -1.28. The van der Waals surface area contributed by atoms with Gasteiger partial charge in [0.05, 0.1) is 22.2 Å². The molecule has 2 N–H and O–H groups in total. The Labute approximate surface area is 131 Å². The van der Waals surface area contributed by atoms with Gasteiger partial charge in [-0.15, -0.1) is 0 Å². The molecule has 0 saturated carbocycles. The molecule has 0 saturated heterocycles. The number of benzene rings is 1. The molecular formula is C12H12Br2O6. The highest BCUT2D eigenvalue weighted by Crippen LogP contribution is 2.44. The van der Waals surface area contributed by atoms with Crippen LogP contribution in [0.1, 0.15) is 34.6 Å². The maximum atomic E-state index is 11.7. The van der Waals surface area contributed by atoms with Gasteiger partial charge in [0.15, 0.2) is 0 Å². The van der Waals surface area contributed by atoms with E-state index in [1.165, 1.54) is 0 Å². The van der Waals surface area contributed by atoms with Gasteiger partial charge in [-0.1, -0.05) is 0 Å². The van der Waals surface area contributed by atoms with Crippen LogP contribution in [0.4, 0.5) is 0 Å². The van der Waals surface area contributed by atoms with Gasteiger partial charge in [0.2, 0.25) is 0 Å². The van der Waals surface area contributed by atoms with Gasteiger partial charge in [-0.05, 0) is 45.7 Å². The summed E-state index contributed by atoms with van der Waals surface area (Å²) < 4.78 is 9.26. The first-order valence-corrected chi connectivity index (χ1v) is 7.22. The highest BCUT2D eigenvalue weighted by molar-refractivity contribution is 9.11. The number of rotatable bonds is 4. The Morgan fingerprint density at radius 1 is 0.900 bits per heavy atom. The molecular weight excluding hydrogens is 400 g/mol. The zero-order valence-electron chi connectivity index (χ0n) is 10.7. The van der Waals surface area contributed by atoms with Gasteiger partial charge in [-0.3, -0.25) is 0 Å². The van der Waals surface area contributed by atoms with Crippen LogP contribution in [-0.2, 0) is 9.47 Å². The summed E-state index contributed by atoms with van der Waals surface area (Å²) in [6.07, 6.45) is 0. The van der Waals surface area contributed by atoms with Crippen molar-refractivity contribution in [3.05, 3.63) is 20.1 Å². The van der Waals surface area contributed by atoms with Crippen molar-refractivity contribution in [2.45, 2.75) is 13.8 Å². The Kier molecular flexibility index (Phi) is 5.82. The molecule has 110 valence electrons. The van der Waals surface area contributed by atoms with Crippen LogP contribution < -0.4 is 0 Å². The molecule has 1 aromatic carbocycles. The van der Waals surface area contributed by atoms with Gasteiger partial charge >= 0.3 is 11.9 Å². The fourth-order valence-electron chi connectivity index (χ4n) is 1.44. The summed E-state index contributed by atoms with van der Waals surface area (Å²) in [5.41, 5.74) is -0.548. The molecule has 0 spiro atoms. The van der Waals surface area contributed by atoms with Crippen molar-refractivity contribution < 1.29 is 29.3 Å². The van der Waals surface area contributed by atoms with Crippen LogP contribution in [0.15, 0.2) is 8.95 Å². The van der Waals surface area contributed by atoms with Gasteiger partial charge in [0.25, 0.3) is 0 Å². The number of halogens is 2. The van der Waals surface area contributed by atoms with Crippen molar-refractivity contribution in [1.82, 2.24) is 0 Å². The van der Waals surface area contributed by atoms with Gasteiger partial charge in [-0.25, -0.2) is 9.59 Å². The van der Waals surface area contributed by atoms with Crippen molar-refractivity contribution in [1.29, 1.82) is 0 Å². The Bertz CT molecular complexity index is 477. The largest absolute Gasteiger partial charge is 0.506 e. The van der Waals surface area contributed by atoms with Crippen molar-refractivity contribution in [3.8, 4) is 11.5 Å². The number of carbonyl (C=O) groups excluding carboxylic acids is 2. The van der Waals surface area contributed by atoms with Crippen LogP contribution in [0.25, 0.3) is 0 Å². The number of hydrogen-bond donors (Lipinski definition) is 2. The van der Waals surface area contributed by atoms with Crippen LogP contribution in [0.3, 0.4) is 0 Å². The third-order valence-electron chi connectivity index (χ3n) is 2.29. The zero-order valence-corrected chi connectivity index (χ0v) is 13.9. The van der Waals surface area contributed by atoms with Crippen molar-refractivity contribution in [2.75, 3.05) is 13.2 Å². The fraction of sp³-hybridized carbons (Fsp3) is 0.333. The molecule has 0 atom stereocenters. The molecule has 1 aromatic rings. The van der Waals surface area contributed by atoms with E-state index in [1.807, 2.05) is 0 Å². The first kappa shape index (κ1) is 16.8. The minimum atomic E-state index is -0.830. The summed E-state index contributed by atoms with van der Waals surface area (Å²) >= 11 is 5.93. The topological polar surface area (TPSA) is 93.1 Å². The number of aromatic hydroxyl groups is 2. The smallest absolute Gasteiger partial charge is 0.343 e. The summed E-state index contributed by atoms with van der Waals surface area (Å²) in [6.45, 7) is 3.40. The van der Waals surface area contributed by atoms with Crippen LogP contribution in [0.5, 0.6) is 11.5 Å². The van der Waals surface area contributed by atoms with Crippen LogP contribution in [0, 0.1) is 0 Å². The Morgan fingerprint density at radius 3 is 1.45 bits per heavy atom. The Morgan fingerprint density at radius 2 is 1.20 bits per heavy atom. The lowest BCUT2D eigenvalue weighted by molar-refractivity contribution is 0.0503. The molecule has 0 fully saturated rings. The van der Waals surface area contributed by atoms with E-state index in [2.05, 4.69) is 31.9 Å². The second-order valence-corrected chi connectivity index (χ2v) is 5.10. The SMILES string of the molecule is CCOC(=O)c1c(O)c(Br)c(C(=O)OCC)c(O)c1Br. The van der Waals surface area contributed by atoms with Crippen LogP contribution >= 0.6 is 31.9 Å². The average Bonchev–Trinajstić information content (AvgIpc) is 2.37. The first-order valence-electron chi connectivity index (χ1n) is 5.63. The molecule has 0 aromatic heterocycles. The summed E-state index contributed by atoms with van der Waals surface area (Å²) in [5.74, 6) is -2.70. The first-order chi connectivity index (χ1) is 9.36. The van der Waals surface area contributed by atoms with Crippen LogP contribution in [-0.4, -0.2) is 35.4 Å². The van der Waals surface area contributed by atoms with E-state index in [4.69, 9.17) is 9.47 Å². The third kappa shape index (κ3) is 3.06. The monoisotopic (exact) mass is 410 g/mol. The highest BCUT2D eigenvalue weighted by atomic mass is 79.9. The molecule has 20 heavy (non-hydrogen) atoms. The molecule has 8 heteroatoms. The van der Waals surface area contributed by atoms with Gasteiger partial charge in [0.1, 0.15) is 22.6 Å². The van der Waals surface area contributed by atoms with Gasteiger partial charge in [0, 0.05) is 0 Å². The lowest BCUT2D eigenvalue weighted by Crippen LogP contribution is -2.11. The predicted octanol–water partition coefficient (Wildman–Crippen LogP) is 2.98. The summed E-state index contributed by atoms with van der Waals surface area (Å²) in [5, 5.41) is 20.0. The lowest BCUT2D eigenvalue weighted by Gasteiger charge is -2.14. The van der Waals surface area contributed by atoms with E-state index < -0.39 is 23.4 Å². The quantitative estimate of drug-likeness (QED) is 0.584. The number of hydrogen-bond acceptors (Lipinski definition) is 6. The third-order valence-corrected chi connectivity index (χ3v) is 3.83. The number of phenols is 2. The number of ether oxygens (including phenoxy) is 2. The summed E-state index contributed by atoms with van der Waals surface area (Å²) in [7, 11) is 0. The lowest BCUT2D eigenvalue weighted by atomic mass is 10.1. The Balaban J connectivity index is 3.49. The van der Waals surface area contributed by atoms with Crippen molar-refractivity contribution >= 4 is 43.8 Å². The number of esters is 2. The van der Waals surface area contributed by atoms with E-state index in [9.17, 15) is 19.8 Å².